The van der Waals surface area contributed by atoms with Crippen molar-refractivity contribution < 1.29 is 14.3 Å². The molecule has 0 aliphatic carbocycles. The molecule has 0 spiro atoms. The quantitative estimate of drug-likeness (QED) is 0.508. The van der Waals surface area contributed by atoms with Gasteiger partial charge in [-0.2, -0.15) is 0 Å². The second kappa shape index (κ2) is 9.00. The van der Waals surface area contributed by atoms with Crippen LogP contribution in [0.5, 0.6) is 5.75 Å². The second-order valence-electron chi connectivity index (χ2n) is 8.49. The van der Waals surface area contributed by atoms with Crippen molar-refractivity contribution in [1.82, 2.24) is 9.80 Å². The van der Waals surface area contributed by atoms with Gasteiger partial charge in [0.05, 0.1) is 30.0 Å². The zero-order chi connectivity index (χ0) is 22.9. The molecule has 7 heteroatoms. The summed E-state index contributed by atoms with van der Waals surface area (Å²) in [6.07, 6.45) is 0. The third kappa shape index (κ3) is 4.03. The first kappa shape index (κ1) is 21.7. The Kier molecular flexibility index (Phi) is 5.91. The maximum atomic E-state index is 13.4. The largest absolute Gasteiger partial charge is 0.497 e. The molecule has 2 amide bonds. The molecular weight excluding hydrogens is 434 g/mol. The topological polar surface area (TPSA) is 53.1 Å². The summed E-state index contributed by atoms with van der Waals surface area (Å²) in [5.74, 6) is 0.482. The van der Waals surface area contributed by atoms with Gasteiger partial charge >= 0.3 is 0 Å². The number of rotatable bonds is 6. The summed E-state index contributed by atoms with van der Waals surface area (Å²) >= 11 is 1.57. The highest BCUT2D eigenvalue weighted by atomic mass is 32.1. The maximum absolute atomic E-state index is 13.4. The van der Waals surface area contributed by atoms with Crippen LogP contribution in [0.2, 0.25) is 0 Å². The van der Waals surface area contributed by atoms with Crippen LogP contribution >= 0.6 is 11.3 Å². The first-order valence-electron chi connectivity index (χ1n) is 11.2. The molecule has 2 aliphatic heterocycles. The Morgan fingerprint density at radius 3 is 2.48 bits per heavy atom. The smallest absolute Gasteiger partial charge is 0.264 e. The molecule has 6 nitrogen and oxygen atoms in total. The van der Waals surface area contributed by atoms with Gasteiger partial charge in [-0.3, -0.25) is 19.4 Å². The highest BCUT2D eigenvalue weighted by molar-refractivity contribution is 7.10. The molecule has 33 heavy (non-hydrogen) atoms. The molecule has 1 atom stereocenters. The zero-order valence-electron chi connectivity index (χ0n) is 18.9. The van der Waals surface area contributed by atoms with E-state index in [0.717, 1.165) is 49.0 Å². The molecule has 0 N–H and O–H groups in total. The van der Waals surface area contributed by atoms with Gasteiger partial charge < -0.3 is 9.64 Å². The van der Waals surface area contributed by atoms with Crippen LogP contribution in [0.1, 0.15) is 44.1 Å². The van der Waals surface area contributed by atoms with Gasteiger partial charge in [0.2, 0.25) is 0 Å². The van der Waals surface area contributed by atoms with Crippen LogP contribution < -0.4 is 9.64 Å². The first-order valence-corrected chi connectivity index (χ1v) is 12.1. The number of hydrogen-bond donors (Lipinski definition) is 0. The summed E-state index contributed by atoms with van der Waals surface area (Å²) in [4.78, 5) is 33.7. The summed E-state index contributed by atoms with van der Waals surface area (Å²) < 4.78 is 5.34. The van der Waals surface area contributed by atoms with Gasteiger partial charge in [0.1, 0.15) is 5.75 Å². The molecule has 1 saturated heterocycles. The minimum atomic E-state index is -0.273. The van der Waals surface area contributed by atoms with Gasteiger partial charge in [0.25, 0.3) is 11.8 Å². The monoisotopic (exact) mass is 461 g/mol. The number of hydrogen-bond acceptors (Lipinski definition) is 6. The van der Waals surface area contributed by atoms with E-state index in [2.05, 4.69) is 21.9 Å². The van der Waals surface area contributed by atoms with E-state index in [-0.39, 0.29) is 17.9 Å². The van der Waals surface area contributed by atoms with Crippen molar-refractivity contribution in [3.05, 3.63) is 81.5 Å². The van der Waals surface area contributed by atoms with Crippen molar-refractivity contribution in [2.75, 3.05) is 38.2 Å². The minimum absolute atomic E-state index is 0.190. The van der Waals surface area contributed by atoms with Crippen molar-refractivity contribution in [1.29, 1.82) is 0 Å². The molecule has 1 aromatic heterocycles. The van der Waals surface area contributed by atoms with Gasteiger partial charge in [-0.25, -0.2) is 0 Å². The number of methoxy groups -OCH3 is 1. The Morgan fingerprint density at radius 2 is 1.76 bits per heavy atom. The van der Waals surface area contributed by atoms with Crippen LogP contribution in [-0.2, 0) is 6.54 Å². The molecule has 170 valence electrons. The summed E-state index contributed by atoms with van der Waals surface area (Å²) in [6, 6.07) is 17.5. The van der Waals surface area contributed by atoms with E-state index in [0.29, 0.717) is 11.1 Å². The molecule has 0 unspecified atom stereocenters. The van der Waals surface area contributed by atoms with E-state index < -0.39 is 0 Å². The summed E-state index contributed by atoms with van der Waals surface area (Å²) in [5, 5.41) is 1.97. The molecule has 2 aromatic carbocycles. The average molecular weight is 462 g/mol. The van der Waals surface area contributed by atoms with Gasteiger partial charge in [0.15, 0.2) is 0 Å². The standard InChI is InChI=1S/C26H27N3O3S/c1-18(23-10-5-15-33-23)29-25(30)21-8-4-9-22(24(21)26(29)31)28-13-11-27(12-14-28)17-19-6-3-7-20(16-19)32-2/h3-10,15-16,18H,11-14,17H2,1-2H3/t18-/m0/s1. The van der Waals surface area contributed by atoms with Crippen LogP contribution in [0.3, 0.4) is 0 Å². The lowest BCUT2D eigenvalue weighted by atomic mass is 10.1. The highest BCUT2D eigenvalue weighted by Gasteiger charge is 2.41. The second-order valence-corrected chi connectivity index (χ2v) is 9.47. The van der Waals surface area contributed by atoms with Gasteiger partial charge in [0, 0.05) is 37.6 Å². The van der Waals surface area contributed by atoms with Gasteiger partial charge in [-0.1, -0.05) is 24.3 Å². The Balaban J connectivity index is 1.32. The molecule has 3 heterocycles. The van der Waals surface area contributed by atoms with Crippen molar-refractivity contribution in [3.63, 3.8) is 0 Å². The number of imide groups is 1. The number of anilines is 1. The molecule has 0 bridgehead atoms. The summed E-state index contributed by atoms with van der Waals surface area (Å²) in [5.41, 5.74) is 3.15. The fraction of sp³-hybridized carbons (Fsp3) is 0.308. The Bertz CT molecular complexity index is 1170. The Hall–Kier alpha value is -3.16. The zero-order valence-corrected chi connectivity index (χ0v) is 19.7. The number of nitrogens with zero attached hydrogens (tertiary/aromatic N) is 3. The number of ether oxygens (including phenoxy) is 1. The molecule has 0 radical (unpaired) electrons. The first-order chi connectivity index (χ1) is 16.1. The lowest BCUT2D eigenvalue weighted by Crippen LogP contribution is -2.46. The van der Waals surface area contributed by atoms with Crippen LogP contribution in [0.15, 0.2) is 60.0 Å². The summed E-state index contributed by atoms with van der Waals surface area (Å²) in [6.45, 7) is 6.17. The van der Waals surface area contributed by atoms with E-state index >= 15 is 0 Å². The van der Waals surface area contributed by atoms with E-state index in [9.17, 15) is 9.59 Å². The van der Waals surface area contributed by atoms with E-state index in [1.807, 2.05) is 48.7 Å². The molecule has 5 rings (SSSR count). The number of benzene rings is 2. The third-order valence-corrected chi connectivity index (χ3v) is 7.56. The van der Waals surface area contributed by atoms with Crippen LogP contribution in [-0.4, -0.2) is 54.9 Å². The van der Waals surface area contributed by atoms with Crippen LogP contribution in [0.4, 0.5) is 5.69 Å². The van der Waals surface area contributed by atoms with E-state index in [4.69, 9.17) is 4.74 Å². The Morgan fingerprint density at radius 1 is 0.970 bits per heavy atom. The fourth-order valence-electron chi connectivity index (χ4n) is 4.73. The van der Waals surface area contributed by atoms with Crippen LogP contribution in [0.25, 0.3) is 0 Å². The van der Waals surface area contributed by atoms with Gasteiger partial charge in [-0.15, -0.1) is 11.3 Å². The minimum Gasteiger partial charge on any atom is -0.497 e. The average Bonchev–Trinajstić information content (AvgIpc) is 3.47. The molecule has 0 saturated carbocycles. The van der Waals surface area contributed by atoms with E-state index in [1.165, 1.54) is 10.5 Å². The van der Waals surface area contributed by atoms with Gasteiger partial charge in [-0.05, 0) is 48.2 Å². The van der Waals surface area contributed by atoms with Crippen molar-refractivity contribution >= 4 is 28.8 Å². The number of amides is 2. The van der Waals surface area contributed by atoms with Crippen molar-refractivity contribution in [3.8, 4) is 5.75 Å². The number of fused-ring (bicyclic) bond motifs is 1. The van der Waals surface area contributed by atoms with Crippen molar-refractivity contribution in [2.45, 2.75) is 19.5 Å². The number of piperazine rings is 1. The molecular formula is C26H27N3O3S. The Labute approximate surface area is 198 Å². The van der Waals surface area contributed by atoms with Crippen LogP contribution in [0, 0.1) is 0 Å². The molecule has 2 aliphatic rings. The van der Waals surface area contributed by atoms with Crippen molar-refractivity contribution in [2.24, 2.45) is 0 Å². The lowest BCUT2D eigenvalue weighted by molar-refractivity contribution is 0.0598. The molecule has 1 fully saturated rings. The normalized spacial score (nSPS) is 17.4. The SMILES string of the molecule is COc1cccc(CN2CCN(c3cccc4c3C(=O)N([C@@H](C)c3cccs3)C4=O)CC2)c1. The summed E-state index contributed by atoms with van der Waals surface area (Å²) in [7, 11) is 1.69. The number of carbonyl (C=O) groups excluding carboxylic acids is 2. The molecule has 3 aromatic rings. The predicted octanol–water partition coefficient (Wildman–Crippen LogP) is 4.44. The predicted molar refractivity (Wildman–Crippen MR) is 130 cm³/mol. The lowest BCUT2D eigenvalue weighted by Gasteiger charge is -2.36. The number of carbonyl (C=O) groups is 2. The van der Waals surface area contributed by atoms with E-state index in [1.54, 1.807) is 24.5 Å². The maximum Gasteiger partial charge on any atom is 0.264 e. The highest BCUT2D eigenvalue weighted by Crippen LogP contribution is 2.37. The fourth-order valence-corrected chi connectivity index (χ4v) is 5.51. The number of thiophene rings is 1. The third-order valence-electron chi connectivity index (χ3n) is 6.52.